The van der Waals surface area contributed by atoms with Gasteiger partial charge in [0.1, 0.15) is 5.76 Å². The second-order valence-corrected chi connectivity index (χ2v) is 5.40. The number of benzene rings is 1. The fraction of sp³-hybridized carbons (Fsp3) is 0.231. The summed E-state index contributed by atoms with van der Waals surface area (Å²) in [6, 6.07) is 12.4. The maximum Gasteiger partial charge on any atom is 0.169 e. The highest BCUT2D eigenvalue weighted by atomic mass is 79.9. The van der Waals surface area contributed by atoms with Gasteiger partial charge in [-0.05, 0) is 65.5 Å². The molecule has 0 fully saturated rings. The Labute approximate surface area is 114 Å². The van der Waals surface area contributed by atoms with Gasteiger partial charge in [-0.25, -0.2) is 0 Å². The zero-order chi connectivity index (χ0) is 12.3. The normalized spacial score (nSPS) is 12.4. The van der Waals surface area contributed by atoms with Gasteiger partial charge in [0, 0.05) is 10.6 Å². The van der Waals surface area contributed by atoms with Crippen molar-refractivity contribution in [3.05, 3.63) is 46.8 Å². The molecule has 1 atom stereocenters. The van der Waals surface area contributed by atoms with Crippen molar-refractivity contribution in [3.8, 4) is 0 Å². The molecule has 2 aromatic rings. The summed E-state index contributed by atoms with van der Waals surface area (Å²) < 4.78 is 6.28. The molecule has 0 radical (unpaired) electrons. The topological polar surface area (TPSA) is 25.2 Å². The fourth-order valence-corrected chi connectivity index (χ4v) is 2.30. The average molecular weight is 312 g/mol. The van der Waals surface area contributed by atoms with Crippen LogP contribution in [0.3, 0.4) is 0 Å². The van der Waals surface area contributed by atoms with Gasteiger partial charge in [0.05, 0.1) is 6.04 Å². The summed E-state index contributed by atoms with van der Waals surface area (Å²) in [5, 5.41) is 3.40. The third kappa shape index (κ3) is 3.30. The molecule has 1 N–H and O–H groups in total. The third-order valence-corrected chi connectivity index (χ3v) is 3.66. The van der Waals surface area contributed by atoms with Crippen molar-refractivity contribution in [2.75, 3.05) is 11.6 Å². The number of hydrogen-bond acceptors (Lipinski definition) is 3. The summed E-state index contributed by atoms with van der Waals surface area (Å²) in [5.74, 6) is 0.922. The van der Waals surface area contributed by atoms with Crippen molar-refractivity contribution in [2.24, 2.45) is 0 Å². The van der Waals surface area contributed by atoms with E-state index < -0.39 is 0 Å². The molecule has 90 valence electrons. The Hall–Kier alpha value is -0.870. The maximum absolute atomic E-state index is 5.51. The van der Waals surface area contributed by atoms with E-state index in [2.05, 4.69) is 58.7 Å². The number of furan rings is 1. The van der Waals surface area contributed by atoms with Crippen LogP contribution in [-0.4, -0.2) is 6.26 Å². The first-order valence-electron chi connectivity index (χ1n) is 5.35. The zero-order valence-electron chi connectivity index (χ0n) is 9.74. The van der Waals surface area contributed by atoms with Gasteiger partial charge in [-0.1, -0.05) is 0 Å². The lowest BCUT2D eigenvalue weighted by molar-refractivity contribution is 0.471. The molecule has 17 heavy (non-hydrogen) atoms. The van der Waals surface area contributed by atoms with E-state index in [9.17, 15) is 0 Å². The molecule has 0 aliphatic heterocycles. The number of thioether (sulfide) groups is 1. The van der Waals surface area contributed by atoms with Gasteiger partial charge >= 0.3 is 0 Å². The minimum atomic E-state index is 0.154. The Balaban J connectivity index is 2.04. The van der Waals surface area contributed by atoms with Crippen LogP contribution < -0.4 is 5.32 Å². The second kappa shape index (κ2) is 5.65. The van der Waals surface area contributed by atoms with Crippen LogP contribution in [0.4, 0.5) is 5.69 Å². The van der Waals surface area contributed by atoms with E-state index in [0.29, 0.717) is 0 Å². The van der Waals surface area contributed by atoms with Crippen LogP contribution in [0.2, 0.25) is 0 Å². The van der Waals surface area contributed by atoms with Crippen molar-refractivity contribution < 1.29 is 4.42 Å². The SMILES string of the molecule is CSc1ccc(NC(C)c2ccc(Br)o2)cc1. The summed E-state index contributed by atoms with van der Waals surface area (Å²) in [6.07, 6.45) is 2.07. The average Bonchev–Trinajstić information content (AvgIpc) is 2.77. The van der Waals surface area contributed by atoms with Crippen molar-refractivity contribution in [2.45, 2.75) is 17.9 Å². The molecule has 1 aromatic carbocycles. The molecule has 4 heteroatoms. The quantitative estimate of drug-likeness (QED) is 0.810. The summed E-state index contributed by atoms with van der Waals surface area (Å²) in [4.78, 5) is 1.27. The van der Waals surface area contributed by atoms with Crippen LogP contribution in [0.15, 0.2) is 50.4 Å². The van der Waals surface area contributed by atoms with Gasteiger partial charge in [-0.3, -0.25) is 0 Å². The van der Waals surface area contributed by atoms with Crippen LogP contribution in [0, 0.1) is 0 Å². The lowest BCUT2D eigenvalue weighted by Gasteiger charge is -2.13. The molecule has 2 rings (SSSR count). The van der Waals surface area contributed by atoms with E-state index >= 15 is 0 Å². The maximum atomic E-state index is 5.51. The van der Waals surface area contributed by atoms with Crippen LogP contribution >= 0.6 is 27.7 Å². The smallest absolute Gasteiger partial charge is 0.169 e. The standard InChI is InChI=1S/C13H14BrNOS/c1-9(12-7-8-13(14)16-12)15-10-3-5-11(17-2)6-4-10/h3-9,15H,1-2H3. The zero-order valence-corrected chi connectivity index (χ0v) is 12.1. The largest absolute Gasteiger partial charge is 0.452 e. The molecular formula is C13H14BrNOS. The van der Waals surface area contributed by atoms with Crippen LogP contribution in [0.1, 0.15) is 18.7 Å². The molecule has 0 saturated carbocycles. The molecule has 0 bridgehead atoms. The monoisotopic (exact) mass is 311 g/mol. The van der Waals surface area contributed by atoms with Crippen LogP contribution in [0.5, 0.6) is 0 Å². The third-order valence-electron chi connectivity index (χ3n) is 2.49. The van der Waals surface area contributed by atoms with Gasteiger partial charge < -0.3 is 9.73 Å². The number of rotatable bonds is 4. The van der Waals surface area contributed by atoms with Crippen molar-refractivity contribution in [1.82, 2.24) is 0 Å². The van der Waals surface area contributed by atoms with Crippen molar-refractivity contribution >= 4 is 33.4 Å². The van der Waals surface area contributed by atoms with Crippen LogP contribution in [-0.2, 0) is 0 Å². The molecule has 0 aliphatic rings. The van der Waals surface area contributed by atoms with Gasteiger partial charge in [0.2, 0.25) is 0 Å². The predicted molar refractivity (Wildman–Crippen MR) is 76.7 cm³/mol. The van der Waals surface area contributed by atoms with Crippen LogP contribution in [0.25, 0.3) is 0 Å². The predicted octanol–water partition coefficient (Wildman–Crippen LogP) is 4.94. The summed E-state index contributed by atoms with van der Waals surface area (Å²) in [5.41, 5.74) is 1.10. The fourth-order valence-electron chi connectivity index (χ4n) is 1.57. The van der Waals surface area contributed by atoms with E-state index in [1.54, 1.807) is 11.8 Å². The van der Waals surface area contributed by atoms with Gasteiger partial charge in [-0.2, -0.15) is 0 Å². The Morgan fingerprint density at radius 3 is 2.41 bits per heavy atom. The van der Waals surface area contributed by atoms with E-state index in [0.717, 1.165) is 16.1 Å². The molecule has 0 aliphatic carbocycles. The summed E-state index contributed by atoms with van der Waals surface area (Å²) in [7, 11) is 0. The molecule has 1 heterocycles. The second-order valence-electron chi connectivity index (χ2n) is 3.74. The van der Waals surface area contributed by atoms with E-state index in [1.165, 1.54) is 4.90 Å². The molecular weight excluding hydrogens is 298 g/mol. The molecule has 0 saturated heterocycles. The minimum absolute atomic E-state index is 0.154. The van der Waals surface area contributed by atoms with E-state index in [1.807, 2.05) is 12.1 Å². The highest BCUT2D eigenvalue weighted by Crippen LogP contribution is 2.24. The van der Waals surface area contributed by atoms with Crippen molar-refractivity contribution in [3.63, 3.8) is 0 Å². The summed E-state index contributed by atoms with van der Waals surface area (Å²) >= 11 is 5.05. The van der Waals surface area contributed by atoms with E-state index in [-0.39, 0.29) is 6.04 Å². The highest BCUT2D eigenvalue weighted by Gasteiger charge is 2.09. The molecule has 0 spiro atoms. The summed E-state index contributed by atoms with van der Waals surface area (Å²) in [6.45, 7) is 2.08. The first-order chi connectivity index (χ1) is 8.19. The molecule has 1 unspecified atom stereocenters. The lowest BCUT2D eigenvalue weighted by atomic mass is 10.2. The minimum Gasteiger partial charge on any atom is -0.452 e. The number of hydrogen-bond donors (Lipinski definition) is 1. The number of anilines is 1. The lowest BCUT2D eigenvalue weighted by Crippen LogP contribution is -2.05. The Kier molecular flexibility index (Phi) is 4.18. The first-order valence-corrected chi connectivity index (χ1v) is 7.36. The Morgan fingerprint density at radius 2 is 1.88 bits per heavy atom. The highest BCUT2D eigenvalue weighted by molar-refractivity contribution is 9.10. The van der Waals surface area contributed by atoms with Gasteiger partial charge in [0.15, 0.2) is 4.67 Å². The Bertz CT molecular complexity index is 480. The van der Waals surface area contributed by atoms with Gasteiger partial charge in [-0.15, -0.1) is 11.8 Å². The molecule has 2 nitrogen and oxygen atoms in total. The van der Waals surface area contributed by atoms with Gasteiger partial charge in [0.25, 0.3) is 0 Å². The molecule has 0 amide bonds. The van der Waals surface area contributed by atoms with E-state index in [4.69, 9.17) is 4.42 Å². The number of halogens is 1. The Morgan fingerprint density at radius 1 is 1.18 bits per heavy atom. The molecule has 1 aromatic heterocycles. The number of nitrogens with one attached hydrogen (secondary N) is 1. The van der Waals surface area contributed by atoms with Crippen molar-refractivity contribution in [1.29, 1.82) is 0 Å². The first kappa shape index (κ1) is 12.6.